The minimum atomic E-state index is -5.03. The van der Waals surface area contributed by atoms with E-state index in [-0.39, 0.29) is 11.5 Å². The summed E-state index contributed by atoms with van der Waals surface area (Å²) < 4.78 is 69.0. The number of rotatable bonds is 4. The van der Waals surface area contributed by atoms with Gasteiger partial charge < -0.3 is 4.74 Å². The second kappa shape index (κ2) is 8.47. The third kappa shape index (κ3) is 4.35. The molecule has 2 heterocycles. The van der Waals surface area contributed by atoms with E-state index in [9.17, 15) is 21.6 Å². The Morgan fingerprint density at radius 1 is 1.03 bits per heavy atom. The van der Waals surface area contributed by atoms with Gasteiger partial charge in [0.05, 0.1) is 17.2 Å². The summed E-state index contributed by atoms with van der Waals surface area (Å²) in [5.41, 5.74) is 8.61. The molecule has 34 heavy (non-hydrogen) atoms. The first-order valence-electron chi connectivity index (χ1n) is 11.0. The molecule has 0 bridgehead atoms. The Morgan fingerprint density at radius 3 is 2.50 bits per heavy atom. The van der Waals surface area contributed by atoms with E-state index in [0.717, 1.165) is 62.5 Å². The lowest BCUT2D eigenvalue weighted by atomic mass is 9.73. The number of hydrogen-bond acceptors (Lipinski definition) is 7. The molecular weight excluding hydrogens is 469 g/mol. The van der Waals surface area contributed by atoms with Crippen LogP contribution in [0.5, 0.6) is 5.75 Å². The van der Waals surface area contributed by atoms with E-state index in [4.69, 9.17) is 0 Å². The number of aromatic nitrogens is 2. The minimum Gasteiger partial charge on any atom is -0.404 e. The number of hydrazine groups is 1. The van der Waals surface area contributed by atoms with Gasteiger partial charge in [-0.1, -0.05) is 24.3 Å². The SMILES string of the molecule is O=S(=O)(c1cnc2cccc(C3CCC4(CCNN4)CC3)c2n1)c1ccccc1OC(F)(F)F. The number of hydrogen-bond donors (Lipinski definition) is 2. The van der Waals surface area contributed by atoms with E-state index in [1.165, 1.54) is 12.1 Å². The van der Waals surface area contributed by atoms with Gasteiger partial charge in [-0.25, -0.2) is 13.4 Å². The Balaban J connectivity index is 1.51. The second-order valence-electron chi connectivity index (χ2n) is 8.78. The lowest BCUT2D eigenvalue weighted by Crippen LogP contribution is -2.46. The van der Waals surface area contributed by atoms with E-state index in [2.05, 4.69) is 25.6 Å². The average Bonchev–Trinajstić information content (AvgIpc) is 3.26. The van der Waals surface area contributed by atoms with Gasteiger partial charge >= 0.3 is 6.36 Å². The zero-order valence-corrected chi connectivity index (χ0v) is 18.9. The van der Waals surface area contributed by atoms with Crippen LogP contribution in [0.25, 0.3) is 11.0 Å². The Kier molecular flexibility index (Phi) is 5.73. The largest absolute Gasteiger partial charge is 0.573 e. The number of nitrogens with zero attached hydrogens (tertiary/aromatic N) is 2. The van der Waals surface area contributed by atoms with Gasteiger partial charge in [0.25, 0.3) is 0 Å². The second-order valence-corrected chi connectivity index (χ2v) is 10.6. The third-order valence-corrected chi connectivity index (χ3v) is 8.35. The Hall–Kier alpha value is -2.76. The topological polar surface area (TPSA) is 93.2 Å². The van der Waals surface area contributed by atoms with Crippen molar-refractivity contribution >= 4 is 20.9 Å². The smallest absolute Gasteiger partial charge is 0.404 e. The van der Waals surface area contributed by atoms with Crippen molar-refractivity contribution in [1.29, 1.82) is 0 Å². The lowest BCUT2D eigenvalue weighted by molar-refractivity contribution is -0.275. The van der Waals surface area contributed by atoms with Crippen LogP contribution in [0.4, 0.5) is 13.2 Å². The molecular formula is C23H23F3N4O3S. The van der Waals surface area contributed by atoms with Gasteiger partial charge in [0, 0.05) is 12.1 Å². The number of ether oxygens (including phenoxy) is 1. The van der Waals surface area contributed by atoms with Crippen molar-refractivity contribution in [3.8, 4) is 5.75 Å². The van der Waals surface area contributed by atoms with Crippen molar-refractivity contribution in [3.63, 3.8) is 0 Å². The Labute approximate surface area is 194 Å². The van der Waals surface area contributed by atoms with Gasteiger partial charge in [0.15, 0.2) is 5.03 Å². The summed E-state index contributed by atoms with van der Waals surface area (Å²) in [4.78, 5) is 8.07. The molecule has 2 aliphatic rings. The maximum atomic E-state index is 13.3. The predicted molar refractivity (Wildman–Crippen MR) is 118 cm³/mol. The van der Waals surface area contributed by atoms with E-state index in [1.54, 1.807) is 6.07 Å². The van der Waals surface area contributed by atoms with Crippen LogP contribution in [-0.4, -0.2) is 36.8 Å². The highest BCUT2D eigenvalue weighted by atomic mass is 32.2. The summed E-state index contributed by atoms with van der Waals surface area (Å²) in [6, 6.07) is 10.2. The van der Waals surface area contributed by atoms with Crippen molar-refractivity contribution < 1.29 is 26.3 Å². The van der Waals surface area contributed by atoms with Crippen LogP contribution in [0.1, 0.15) is 43.6 Å². The van der Waals surface area contributed by atoms with Gasteiger partial charge in [-0.05, 0) is 61.8 Å². The predicted octanol–water partition coefficient (Wildman–Crippen LogP) is 4.26. The van der Waals surface area contributed by atoms with Crippen molar-refractivity contribution in [2.75, 3.05) is 6.54 Å². The first-order chi connectivity index (χ1) is 16.2. The summed E-state index contributed by atoms with van der Waals surface area (Å²) in [5.74, 6) is -0.620. The maximum Gasteiger partial charge on any atom is 0.573 e. The highest BCUT2D eigenvalue weighted by molar-refractivity contribution is 7.91. The molecule has 5 rings (SSSR count). The normalized spacial score (nSPS) is 23.4. The van der Waals surface area contributed by atoms with E-state index in [0.29, 0.717) is 11.0 Å². The molecule has 0 amide bonds. The van der Waals surface area contributed by atoms with Gasteiger partial charge in [-0.15, -0.1) is 13.2 Å². The number of alkyl halides is 3. The molecule has 1 aliphatic carbocycles. The van der Waals surface area contributed by atoms with Crippen molar-refractivity contribution in [2.45, 2.75) is 59.8 Å². The molecule has 1 aliphatic heterocycles. The molecule has 0 unspecified atom stereocenters. The molecule has 0 atom stereocenters. The highest BCUT2D eigenvalue weighted by Gasteiger charge is 2.38. The summed E-state index contributed by atoms with van der Waals surface area (Å²) in [5, 5.41) is -0.417. The van der Waals surface area contributed by atoms with Crippen LogP contribution in [0.3, 0.4) is 0 Å². The van der Waals surface area contributed by atoms with Crippen LogP contribution in [-0.2, 0) is 9.84 Å². The van der Waals surface area contributed by atoms with Crippen molar-refractivity contribution in [2.24, 2.45) is 0 Å². The van der Waals surface area contributed by atoms with Gasteiger partial charge in [0.1, 0.15) is 10.6 Å². The molecule has 2 fully saturated rings. The first kappa shape index (κ1) is 23.0. The summed E-state index contributed by atoms with van der Waals surface area (Å²) in [7, 11) is -4.42. The van der Waals surface area contributed by atoms with Crippen molar-refractivity contribution in [1.82, 2.24) is 20.8 Å². The number of sulfone groups is 1. The molecule has 1 spiro atoms. The quantitative estimate of drug-likeness (QED) is 0.562. The number of benzene rings is 2. The molecule has 2 aromatic carbocycles. The molecule has 1 saturated carbocycles. The monoisotopic (exact) mass is 492 g/mol. The standard InChI is InChI=1S/C23H23F3N4O3S/c24-23(25,26)33-18-6-1-2-7-19(18)34(31,32)20-14-27-17-5-3-4-16(21(17)29-20)15-8-10-22(11-9-15)12-13-28-30-22/h1-7,14-15,28,30H,8-13H2. The van der Waals surface area contributed by atoms with Gasteiger partial charge in [-0.3, -0.25) is 15.8 Å². The third-order valence-electron chi connectivity index (χ3n) is 6.69. The van der Waals surface area contributed by atoms with Crippen LogP contribution >= 0.6 is 0 Å². The van der Waals surface area contributed by atoms with Crippen LogP contribution < -0.4 is 15.6 Å². The van der Waals surface area contributed by atoms with E-state index >= 15 is 0 Å². The van der Waals surface area contributed by atoms with E-state index < -0.39 is 31.9 Å². The Bertz CT molecular complexity index is 1310. The molecule has 1 aromatic heterocycles. The van der Waals surface area contributed by atoms with Crippen LogP contribution in [0.15, 0.2) is 58.6 Å². The van der Waals surface area contributed by atoms with E-state index in [1.807, 2.05) is 12.1 Å². The maximum absolute atomic E-state index is 13.3. The first-order valence-corrected chi connectivity index (χ1v) is 12.5. The molecule has 11 heteroatoms. The highest BCUT2D eigenvalue weighted by Crippen LogP contribution is 2.42. The zero-order valence-electron chi connectivity index (χ0n) is 18.1. The molecule has 180 valence electrons. The Morgan fingerprint density at radius 2 is 1.79 bits per heavy atom. The molecule has 1 saturated heterocycles. The van der Waals surface area contributed by atoms with Crippen LogP contribution in [0, 0.1) is 0 Å². The molecule has 3 aromatic rings. The average molecular weight is 493 g/mol. The fourth-order valence-corrected chi connectivity index (χ4v) is 6.22. The van der Waals surface area contributed by atoms with Gasteiger partial charge in [-0.2, -0.15) is 0 Å². The molecule has 2 N–H and O–H groups in total. The van der Waals surface area contributed by atoms with Gasteiger partial charge in [0.2, 0.25) is 9.84 Å². The summed E-state index contributed by atoms with van der Waals surface area (Å²) in [6.07, 6.45) is 0.898. The number of halogens is 3. The van der Waals surface area contributed by atoms with Crippen molar-refractivity contribution in [3.05, 3.63) is 54.2 Å². The number of nitrogens with one attached hydrogen (secondary N) is 2. The lowest BCUT2D eigenvalue weighted by Gasteiger charge is -2.37. The molecule has 0 radical (unpaired) electrons. The summed E-state index contributed by atoms with van der Waals surface area (Å²) in [6.45, 7) is 0.936. The van der Waals surface area contributed by atoms with Crippen LogP contribution in [0.2, 0.25) is 0 Å². The zero-order chi connectivity index (χ0) is 24.0. The number of fused-ring (bicyclic) bond motifs is 1. The minimum absolute atomic E-state index is 0.101. The summed E-state index contributed by atoms with van der Waals surface area (Å²) >= 11 is 0. The fraction of sp³-hybridized carbons (Fsp3) is 0.391. The fourth-order valence-electron chi connectivity index (χ4n) is 4.96. The molecule has 7 nitrogen and oxygen atoms in total. The number of para-hydroxylation sites is 2.